The second-order valence-electron chi connectivity index (χ2n) is 1.93. The molecule has 0 saturated heterocycles. The van der Waals surface area contributed by atoms with Crippen molar-refractivity contribution >= 4 is 28.7 Å². The van der Waals surface area contributed by atoms with Crippen LogP contribution in [0.25, 0.3) is 0 Å². The van der Waals surface area contributed by atoms with Crippen molar-refractivity contribution in [3.05, 3.63) is 15.5 Å². The first-order chi connectivity index (χ1) is 5.24. The highest BCUT2D eigenvalue weighted by Gasteiger charge is 2.07. The molecule has 1 heterocycles. The second kappa shape index (κ2) is 3.80. The summed E-state index contributed by atoms with van der Waals surface area (Å²) in [4.78, 5) is 15.5. The Morgan fingerprint density at radius 1 is 1.91 bits per heavy atom. The lowest BCUT2D eigenvalue weighted by atomic mass is 10.3. The molecule has 0 atom stereocenters. The van der Waals surface area contributed by atoms with E-state index in [-0.39, 0.29) is 5.78 Å². The van der Waals surface area contributed by atoms with Crippen molar-refractivity contribution in [2.24, 2.45) is 0 Å². The average molecular weight is 191 g/mol. The summed E-state index contributed by atoms with van der Waals surface area (Å²) < 4.78 is 0.407. The van der Waals surface area contributed by atoms with Crippen LogP contribution in [0.1, 0.15) is 9.67 Å². The number of hydrogen-bond donors (Lipinski definition) is 1. The molecule has 0 aliphatic heterocycles. The lowest BCUT2D eigenvalue weighted by Gasteiger charge is -1.92. The van der Waals surface area contributed by atoms with E-state index in [1.807, 2.05) is 0 Å². The van der Waals surface area contributed by atoms with Crippen LogP contribution in [0.2, 0.25) is 4.47 Å². The third-order valence-corrected chi connectivity index (χ3v) is 2.25. The van der Waals surface area contributed by atoms with Crippen LogP contribution in [0.5, 0.6) is 0 Å². The smallest absolute Gasteiger partial charge is 0.188 e. The molecule has 0 unspecified atom stereocenters. The van der Waals surface area contributed by atoms with Crippen LogP contribution in [-0.2, 0) is 0 Å². The molecule has 3 nitrogen and oxygen atoms in total. The fourth-order valence-corrected chi connectivity index (χ4v) is 1.51. The van der Waals surface area contributed by atoms with Gasteiger partial charge in [0.15, 0.2) is 10.3 Å². The van der Waals surface area contributed by atoms with E-state index in [1.54, 1.807) is 7.05 Å². The third-order valence-electron chi connectivity index (χ3n) is 1.09. The van der Waals surface area contributed by atoms with E-state index >= 15 is 0 Å². The molecule has 0 bridgehead atoms. The highest BCUT2D eigenvalue weighted by atomic mass is 35.5. The van der Waals surface area contributed by atoms with Gasteiger partial charge >= 0.3 is 0 Å². The minimum Gasteiger partial charge on any atom is -0.313 e. The maximum absolute atomic E-state index is 11.1. The predicted octanol–water partition coefficient (Wildman–Crippen LogP) is 1.20. The van der Waals surface area contributed by atoms with E-state index in [1.165, 1.54) is 17.5 Å². The van der Waals surface area contributed by atoms with Crippen LogP contribution in [0.3, 0.4) is 0 Å². The number of nitrogens with one attached hydrogen (secondary N) is 1. The number of nitrogens with zero attached hydrogens (tertiary/aromatic N) is 1. The van der Waals surface area contributed by atoms with Crippen LogP contribution < -0.4 is 5.32 Å². The molecule has 1 aromatic heterocycles. The Labute approximate surface area is 73.4 Å². The molecule has 0 saturated carbocycles. The number of hydrogen-bond acceptors (Lipinski definition) is 4. The van der Waals surface area contributed by atoms with Crippen molar-refractivity contribution in [3.8, 4) is 0 Å². The van der Waals surface area contributed by atoms with E-state index in [0.29, 0.717) is 15.9 Å². The monoisotopic (exact) mass is 190 g/mol. The van der Waals surface area contributed by atoms with E-state index in [2.05, 4.69) is 10.3 Å². The van der Waals surface area contributed by atoms with Gasteiger partial charge in [-0.3, -0.25) is 4.79 Å². The van der Waals surface area contributed by atoms with Gasteiger partial charge in [-0.15, -0.1) is 0 Å². The molecule has 0 fully saturated rings. The molecule has 1 N–H and O–H groups in total. The first-order valence-electron chi connectivity index (χ1n) is 3.03. The maximum Gasteiger partial charge on any atom is 0.188 e. The topological polar surface area (TPSA) is 42.0 Å². The second-order valence-corrected chi connectivity index (χ2v) is 3.54. The predicted molar refractivity (Wildman–Crippen MR) is 45.4 cm³/mol. The molecule has 0 aliphatic rings. The number of thiazole rings is 1. The fraction of sp³-hybridized carbons (Fsp3) is 0.333. The number of carbonyl (C=O) groups excluding carboxylic acids is 1. The van der Waals surface area contributed by atoms with Gasteiger partial charge in [0.25, 0.3) is 0 Å². The summed E-state index contributed by atoms with van der Waals surface area (Å²) in [5.74, 6) is 0.0249. The Kier molecular flexibility index (Phi) is 2.99. The third kappa shape index (κ3) is 2.25. The Balaban J connectivity index is 2.69. The Morgan fingerprint density at radius 2 is 2.64 bits per heavy atom. The molecule has 1 aromatic rings. The highest BCUT2D eigenvalue weighted by Crippen LogP contribution is 2.17. The van der Waals surface area contributed by atoms with Gasteiger partial charge in [-0.05, 0) is 7.05 Å². The molecule has 0 radical (unpaired) electrons. The zero-order chi connectivity index (χ0) is 8.27. The summed E-state index contributed by atoms with van der Waals surface area (Å²) in [6.45, 7) is 0.332. The molecule has 11 heavy (non-hydrogen) atoms. The summed E-state index contributed by atoms with van der Waals surface area (Å²) in [6, 6.07) is 0. The normalized spacial score (nSPS) is 10.0. The van der Waals surface area contributed by atoms with E-state index in [4.69, 9.17) is 11.6 Å². The summed E-state index contributed by atoms with van der Waals surface area (Å²) in [7, 11) is 1.72. The zero-order valence-electron chi connectivity index (χ0n) is 5.93. The molecule has 60 valence electrons. The first-order valence-corrected chi connectivity index (χ1v) is 4.22. The van der Waals surface area contributed by atoms with E-state index in [9.17, 15) is 4.79 Å². The van der Waals surface area contributed by atoms with Crippen molar-refractivity contribution in [2.45, 2.75) is 0 Å². The van der Waals surface area contributed by atoms with Crippen molar-refractivity contribution < 1.29 is 4.79 Å². The summed E-state index contributed by atoms with van der Waals surface area (Å²) in [6.07, 6.45) is 1.49. The number of ketones is 1. The molecule has 0 aromatic carbocycles. The van der Waals surface area contributed by atoms with Crippen LogP contribution >= 0.6 is 22.9 Å². The molecule has 1 rings (SSSR count). The van der Waals surface area contributed by atoms with Gasteiger partial charge in [0, 0.05) is 0 Å². The van der Waals surface area contributed by atoms with Crippen LogP contribution in [0, 0.1) is 0 Å². The van der Waals surface area contributed by atoms with E-state index < -0.39 is 0 Å². The zero-order valence-corrected chi connectivity index (χ0v) is 7.50. The first kappa shape index (κ1) is 8.64. The molecule has 0 amide bonds. The van der Waals surface area contributed by atoms with Gasteiger partial charge < -0.3 is 5.32 Å². The number of aromatic nitrogens is 1. The highest BCUT2D eigenvalue weighted by molar-refractivity contribution is 7.17. The Morgan fingerprint density at radius 3 is 3.09 bits per heavy atom. The lowest BCUT2D eigenvalue weighted by Crippen LogP contribution is -2.17. The minimum absolute atomic E-state index is 0.0249. The lowest BCUT2D eigenvalue weighted by molar-refractivity contribution is 0.0997. The molecule has 0 spiro atoms. The van der Waals surface area contributed by atoms with Crippen LogP contribution in [0.15, 0.2) is 6.20 Å². The van der Waals surface area contributed by atoms with Crippen molar-refractivity contribution in [1.82, 2.24) is 10.3 Å². The number of rotatable bonds is 3. The number of halogens is 1. The Bertz CT molecular complexity index is 261. The summed E-state index contributed by atoms with van der Waals surface area (Å²) in [5.41, 5.74) is 0. The van der Waals surface area contributed by atoms with Crippen molar-refractivity contribution in [2.75, 3.05) is 13.6 Å². The number of likely N-dealkylation sites (N-methyl/N-ethyl adjacent to an activating group) is 1. The summed E-state index contributed by atoms with van der Waals surface area (Å²) in [5, 5.41) is 2.76. The van der Waals surface area contributed by atoms with Gasteiger partial charge in [-0.1, -0.05) is 22.9 Å². The number of carbonyl (C=O) groups is 1. The van der Waals surface area contributed by atoms with Gasteiger partial charge in [-0.2, -0.15) is 0 Å². The quantitative estimate of drug-likeness (QED) is 0.729. The maximum atomic E-state index is 11.1. The fourth-order valence-electron chi connectivity index (χ4n) is 0.629. The molecular formula is C6H7ClN2OS. The van der Waals surface area contributed by atoms with Crippen molar-refractivity contribution in [3.63, 3.8) is 0 Å². The minimum atomic E-state index is 0.0249. The molecular weight excluding hydrogens is 184 g/mol. The largest absolute Gasteiger partial charge is 0.313 e. The van der Waals surface area contributed by atoms with Gasteiger partial charge in [0.1, 0.15) is 0 Å². The van der Waals surface area contributed by atoms with Crippen LogP contribution in [0.4, 0.5) is 0 Å². The molecule has 5 heteroatoms. The van der Waals surface area contributed by atoms with E-state index in [0.717, 1.165) is 0 Å². The standard InChI is InChI=1S/C6H7ClN2OS/c1-8-2-4(10)5-3-9-6(7)11-5/h3,8H,2H2,1H3. The van der Waals surface area contributed by atoms with Gasteiger partial charge in [0.2, 0.25) is 0 Å². The number of Topliss-reactive ketones (excluding diaryl/α,β-unsaturated/α-hetero) is 1. The van der Waals surface area contributed by atoms with Crippen molar-refractivity contribution in [1.29, 1.82) is 0 Å². The van der Waals surface area contributed by atoms with Gasteiger partial charge in [-0.25, -0.2) is 4.98 Å². The molecule has 0 aliphatic carbocycles. The SMILES string of the molecule is CNCC(=O)c1cnc(Cl)s1. The average Bonchev–Trinajstić information content (AvgIpc) is 2.36. The Hall–Kier alpha value is -0.450. The van der Waals surface area contributed by atoms with Crippen LogP contribution in [-0.4, -0.2) is 24.4 Å². The summed E-state index contributed by atoms with van der Waals surface area (Å²) >= 11 is 6.74. The van der Waals surface area contributed by atoms with Gasteiger partial charge in [0.05, 0.1) is 17.6 Å².